The minimum atomic E-state index is -4.58. The summed E-state index contributed by atoms with van der Waals surface area (Å²) in [5.74, 6) is 0.205. The highest BCUT2D eigenvalue weighted by Gasteiger charge is 2.65. The van der Waals surface area contributed by atoms with Crippen molar-refractivity contribution < 1.29 is 36.8 Å². The maximum absolute atomic E-state index is 13.6. The monoisotopic (exact) mass is 1190 g/mol. The van der Waals surface area contributed by atoms with Crippen molar-refractivity contribution in [2.75, 3.05) is 13.2 Å². The standard InChI is InChI=1S/C64H97F3IN2O5P/c1-49(2)22-12-23-50(3)24-13-25-51(4)26-14-27-52(5)28-15-29-53(6)30-16-31-54(7)32-17-33-55(8)34-18-35-56(9)36-19-37-57(10)38-20-40-59(41-21-39-58(11)44-45-75-76(71,72)73)47-74-48-60-42-43-61(46-62(60)68)63(69-70-63)64(65,66)67/h22,24,26,28,30,32,34,36,38,41-43,46,58H,12-21,23,25,27,29,31,33,35,37,39-40,44-45,47-48H2,1-11H3,(H2,71,72,73)/b50-24+,51-26+,52-28-,53-30-,54-32-,55-34-,56-36-,57-38-,59-41+/t58-/m0/s1. The Bertz CT molecular complexity index is 2310. The number of benzene rings is 1. The zero-order chi connectivity index (χ0) is 56.6. The summed E-state index contributed by atoms with van der Waals surface area (Å²) < 4.78 is 63.2. The molecule has 0 radical (unpaired) electrons. The van der Waals surface area contributed by atoms with E-state index >= 15 is 0 Å². The second-order valence-electron chi connectivity index (χ2n) is 21.9. The topological polar surface area (TPSA) is 101 Å². The van der Waals surface area contributed by atoms with Gasteiger partial charge in [-0.25, -0.2) is 4.57 Å². The highest BCUT2D eigenvalue weighted by Crippen LogP contribution is 2.52. The van der Waals surface area contributed by atoms with Crippen LogP contribution in [0.15, 0.2) is 145 Å². The van der Waals surface area contributed by atoms with E-state index in [1.54, 1.807) is 6.07 Å². The van der Waals surface area contributed by atoms with E-state index in [-0.39, 0.29) is 24.7 Å². The number of ether oxygens (including phenoxy) is 1. The number of alkyl halides is 3. The van der Waals surface area contributed by atoms with E-state index in [9.17, 15) is 17.7 Å². The molecule has 0 bridgehead atoms. The molecule has 2 N–H and O–H groups in total. The summed E-state index contributed by atoms with van der Waals surface area (Å²) >= 11 is 2.03. The third-order valence-electron chi connectivity index (χ3n) is 13.9. The van der Waals surface area contributed by atoms with E-state index in [0.717, 1.165) is 133 Å². The molecule has 0 amide bonds. The van der Waals surface area contributed by atoms with Gasteiger partial charge in [-0.15, -0.1) is 10.2 Å². The van der Waals surface area contributed by atoms with E-state index in [1.807, 2.05) is 29.5 Å². The molecule has 0 aliphatic carbocycles. The number of hydrogen-bond acceptors (Lipinski definition) is 5. The van der Waals surface area contributed by atoms with Crippen LogP contribution in [-0.4, -0.2) is 29.2 Å². The molecule has 1 atom stereocenters. The van der Waals surface area contributed by atoms with Gasteiger partial charge in [-0.3, -0.25) is 4.52 Å². The molecule has 1 aromatic rings. The first-order chi connectivity index (χ1) is 35.9. The normalized spacial score (nSPS) is 16.0. The molecule has 0 fully saturated rings. The second kappa shape index (κ2) is 37.6. The molecule has 7 nitrogen and oxygen atoms in total. The molecule has 0 unspecified atom stereocenters. The number of rotatable bonds is 39. The first kappa shape index (κ1) is 68.9. The lowest BCUT2D eigenvalue weighted by molar-refractivity contribution is -0.166. The van der Waals surface area contributed by atoms with Crippen molar-refractivity contribution >= 4 is 30.4 Å². The van der Waals surface area contributed by atoms with E-state index in [4.69, 9.17) is 14.5 Å². The molecule has 12 heteroatoms. The van der Waals surface area contributed by atoms with Gasteiger partial charge in [0.25, 0.3) is 0 Å². The first-order valence-electron chi connectivity index (χ1n) is 28.0. The molecule has 76 heavy (non-hydrogen) atoms. The Morgan fingerprint density at radius 3 is 1.28 bits per heavy atom. The maximum Gasteiger partial charge on any atom is 0.469 e. The van der Waals surface area contributed by atoms with Gasteiger partial charge in [0, 0.05) is 9.13 Å². The number of hydrogen-bond donors (Lipinski definition) is 2. The van der Waals surface area contributed by atoms with Crippen LogP contribution in [0.3, 0.4) is 0 Å². The van der Waals surface area contributed by atoms with Crippen LogP contribution >= 0.6 is 30.4 Å². The molecule has 0 aromatic heterocycles. The van der Waals surface area contributed by atoms with Crippen LogP contribution in [-0.2, 0) is 26.1 Å². The molecule has 0 saturated heterocycles. The number of phosphoric acid groups is 1. The van der Waals surface area contributed by atoms with E-state index in [0.29, 0.717) is 16.6 Å². The van der Waals surface area contributed by atoms with E-state index in [1.165, 1.54) is 68.7 Å². The zero-order valence-corrected chi connectivity index (χ0v) is 51.6. The molecular weight excluding hydrogens is 1090 g/mol. The number of nitrogens with zero attached hydrogens (tertiary/aromatic N) is 2. The SMILES string of the molecule is CC(C)=CCC/C(C)=C/CC/C(C)=C/CC/C(C)=C\CC/C(C)=C\CC/C(C)=C\CC/C(C)=C\CC/C(C)=C\CC/C(C)=C\CC/C(=C\CC[C@H](C)CCOP(=O)(O)O)COCc1ccc(C2(C(F)(F)F)N=N2)cc1I. The van der Waals surface area contributed by atoms with Crippen molar-refractivity contribution in [2.24, 2.45) is 16.1 Å². The average molecular weight is 1190 g/mol. The van der Waals surface area contributed by atoms with Gasteiger partial charge in [0.1, 0.15) is 0 Å². The van der Waals surface area contributed by atoms with Gasteiger partial charge in [0.15, 0.2) is 0 Å². The summed E-state index contributed by atoms with van der Waals surface area (Å²) in [6.45, 7) is 25.1. The predicted molar refractivity (Wildman–Crippen MR) is 323 cm³/mol. The molecule has 1 heterocycles. The van der Waals surface area contributed by atoms with Crippen LogP contribution < -0.4 is 0 Å². The lowest BCUT2D eigenvalue weighted by Gasteiger charge is -2.16. The van der Waals surface area contributed by atoms with Crippen LogP contribution in [0.4, 0.5) is 13.2 Å². The minimum Gasteiger partial charge on any atom is -0.372 e. The quantitative estimate of drug-likeness (QED) is 0.0389. The maximum atomic E-state index is 13.6. The summed E-state index contributed by atoms with van der Waals surface area (Å²) in [5, 5.41) is 6.64. The van der Waals surface area contributed by atoms with Crippen LogP contribution in [0.1, 0.15) is 222 Å². The lowest BCUT2D eigenvalue weighted by atomic mass is 10.00. The third kappa shape index (κ3) is 32.6. The fraction of sp³-hybridized carbons (Fsp3) is 0.594. The highest BCUT2D eigenvalue weighted by molar-refractivity contribution is 14.1. The molecule has 2 rings (SSSR count). The Balaban J connectivity index is 1.72. The number of halogens is 4. The van der Waals surface area contributed by atoms with Gasteiger partial charge < -0.3 is 14.5 Å². The predicted octanol–water partition coefficient (Wildman–Crippen LogP) is 21.4. The zero-order valence-electron chi connectivity index (χ0n) is 48.5. The molecular formula is C64H97F3IN2O5P. The Kier molecular flexibility index (Phi) is 34.1. The van der Waals surface area contributed by atoms with E-state index < -0.39 is 19.7 Å². The fourth-order valence-electron chi connectivity index (χ4n) is 8.67. The Hall–Kier alpha value is -3.19. The Labute approximate surface area is 472 Å². The summed E-state index contributed by atoms with van der Waals surface area (Å²) in [6, 6.07) is 4.55. The summed E-state index contributed by atoms with van der Waals surface area (Å²) in [5.41, 5.74) is 12.6. The van der Waals surface area contributed by atoms with Crippen molar-refractivity contribution in [1.29, 1.82) is 0 Å². The van der Waals surface area contributed by atoms with Crippen molar-refractivity contribution in [1.82, 2.24) is 0 Å². The van der Waals surface area contributed by atoms with Crippen molar-refractivity contribution in [3.63, 3.8) is 0 Å². The van der Waals surface area contributed by atoms with Gasteiger partial charge in [0.05, 0.1) is 19.8 Å². The molecule has 1 aliphatic heterocycles. The molecule has 0 spiro atoms. The van der Waals surface area contributed by atoms with Gasteiger partial charge in [-0.05, 0) is 250 Å². The number of phosphoric ester groups is 1. The fourth-order valence-corrected chi connectivity index (χ4v) is 9.68. The summed E-state index contributed by atoms with van der Waals surface area (Å²) in [4.78, 5) is 18.0. The van der Waals surface area contributed by atoms with Crippen LogP contribution in [0.2, 0.25) is 0 Å². The third-order valence-corrected chi connectivity index (χ3v) is 15.5. The smallest absolute Gasteiger partial charge is 0.372 e. The summed E-state index contributed by atoms with van der Waals surface area (Å²) in [6.07, 6.45) is 40.7. The Morgan fingerprint density at radius 2 is 0.947 bits per heavy atom. The summed E-state index contributed by atoms with van der Waals surface area (Å²) in [7, 11) is -4.49. The molecule has 1 aromatic carbocycles. The second-order valence-corrected chi connectivity index (χ2v) is 24.3. The van der Waals surface area contributed by atoms with Crippen molar-refractivity contribution in [3.05, 3.63) is 149 Å². The van der Waals surface area contributed by atoms with Crippen LogP contribution in [0, 0.1) is 9.49 Å². The van der Waals surface area contributed by atoms with Crippen LogP contribution in [0.5, 0.6) is 0 Å². The average Bonchev–Trinajstić information content (AvgIpc) is 4.15. The van der Waals surface area contributed by atoms with Gasteiger partial charge in [0.2, 0.25) is 0 Å². The molecule has 426 valence electrons. The van der Waals surface area contributed by atoms with Crippen LogP contribution in [0.25, 0.3) is 0 Å². The van der Waals surface area contributed by atoms with E-state index in [2.05, 4.69) is 145 Å². The largest absolute Gasteiger partial charge is 0.469 e. The lowest BCUT2D eigenvalue weighted by Crippen LogP contribution is -2.30. The first-order valence-corrected chi connectivity index (χ1v) is 30.6. The van der Waals surface area contributed by atoms with Gasteiger partial charge in [-0.2, -0.15) is 13.2 Å². The molecule has 1 aliphatic rings. The van der Waals surface area contributed by atoms with Gasteiger partial charge in [-0.1, -0.05) is 130 Å². The minimum absolute atomic E-state index is 0.00335. The highest BCUT2D eigenvalue weighted by atomic mass is 127. The van der Waals surface area contributed by atoms with Crippen molar-refractivity contribution in [3.8, 4) is 0 Å². The molecule has 0 saturated carbocycles. The van der Waals surface area contributed by atoms with Gasteiger partial charge >= 0.3 is 19.7 Å². The number of allylic oxidation sites excluding steroid dienone is 19. The Morgan fingerprint density at radius 1 is 0.579 bits per heavy atom. The van der Waals surface area contributed by atoms with Crippen molar-refractivity contribution in [2.45, 2.75) is 229 Å².